The smallest absolute Gasteiger partial charge is 0.139 e. The van der Waals surface area contributed by atoms with Crippen LogP contribution in [0.1, 0.15) is 11.9 Å². The minimum absolute atomic E-state index is 0.275. The molecule has 0 aliphatic carbocycles. The maximum absolute atomic E-state index is 9.84. The van der Waals surface area contributed by atoms with Gasteiger partial charge in [-0.05, 0) is 37.9 Å². The number of aromatic nitrogens is 2. The maximum Gasteiger partial charge on any atom is 0.139 e. The van der Waals surface area contributed by atoms with Crippen LogP contribution in [0, 0.1) is 0 Å². The van der Waals surface area contributed by atoms with Gasteiger partial charge in [-0.1, -0.05) is 19.6 Å². The fraction of sp³-hybridized carbons (Fsp3) is 0.700. The normalized spacial score (nSPS) is 14.0. The Morgan fingerprint density at radius 2 is 2.06 bits per heavy atom. The average molecular weight is 386 g/mol. The Morgan fingerprint density at radius 3 is 2.53 bits per heavy atom. The van der Waals surface area contributed by atoms with Crippen molar-refractivity contribution in [2.24, 2.45) is 0 Å². The third kappa shape index (κ3) is 5.65. The quantitative estimate of drug-likeness (QED) is 0.583. The summed E-state index contributed by atoms with van der Waals surface area (Å²) in [5.74, 6) is 0.511. The second kappa shape index (κ2) is 6.47. The van der Waals surface area contributed by atoms with E-state index in [-0.39, 0.29) is 6.61 Å². The number of imidazole rings is 1. The van der Waals surface area contributed by atoms with E-state index in [1.807, 2.05) is 0 Å². The van der Waals surface area contributed by atoms with E-state index in [0.29, 0.717) is 17.0 Å². The summed E-state index contributed by atoms with van der Waals surface area (Å²) in [6.07, 6.45) is -0.709. The molecule has 0 radical (unpaired) electrons. The molecule has 0 spiro atoms. The molecule has 1 heterocycles. The van der Waals surface area contributed by atoms with Crippen molar-refractivity contribution in [3.8, 4) is 0 Å². The van der Waals surface area contributed by atoms with Crippen LogP contribution in [-0.2, 0) is 4.74 Å². The zero-order chi connectivity index (χ0) is 13.1. The van der Waals surface area contributed by atoms with Crippen molar-refractivity contribution in [2.45, 2.75) is 31.8 Å². The second-order valence-electron chi connectivity index (χ2n) is 5.13. The zero-order valence-corrected chi connectivity index (χ0v) is 14.4. The third-order valence-electron chi connectivity index (χ3n) is 2.23. The molecule has 1 unspecified atom stereocenters. The van der Waals surface area contributed by atoms with Crippen LogP contribution in [-0.4, -0.2) is 36.4 Å². The van der Waals surface area contributed by atoms with Gasteiger partial charge in [-0.2, -0.15) is 0 Å². The molecule has 2 N–H and O–H groups in total. The van der Waals surface area contributed by atoms with Gasteiger partial charge in [0.1, 0.15) is 21.1 Å². The summed E-state index contributed by atoms with van der Waals surface area (Å²) in [6.45, 7) is 7.88. The summed E-state index contributed by atoms with van der Waals surface area (Å²) in [6, 6.07) is 1.10. The molecule has 0 saturated carbocycles. The molecule has 1 atom stereocenters. The van der Waals surface area contributed by atoms with Crippen LogP contribution >= 0.6 is 31.9 Å². The highest BCUT2D eigenvalue weighted by Gasteiger charge is 2.16. The summed E-state index contributed by atoms with van der Waals surface area (Å²) in [4.78, 5) is 7.07. The van der Waals surface area contributed by atoms with E-state index < -0.39 is 14.2 Å². The number of aliphatic hydroxyl groups excluding tert-OH is 1. The molecule has 0 fully saturated rings. The molecular weight excluding hydrogens is 368 g/mol. The highest BCUT2D eigenvalue weighted by molar-refractivity contribution is 9.13. The van der Waals surface area contributed by atoms with Gasteiger partial charge in [-0.25, -0.2) is 4.98 Å². The van der Waals surface area contributed by atoms with Gasteiger partial charge in [-0.15, -0.1) is 0 Å². The molecule has 98 valence electrons. The SMILES string of the molecule is C[Si](C)(C)CCOCC(O)c1nc(Br)c(Br)[nH]1. The van der Waals surface area contributed by atoms with E-state index in [1.54, 1.807) is 0 Å². The topological polar surface area (TPSA) is 58.1 Å². The van der Waals surface area contributed by atoms with Crippen LogP contribution < -0.4 is 0 Å². The summed E-state index contributed by atoms with van der Waals surface area (Å²) >= 11 is 6.54. The first-order valence-electron chi connectivity index (χ1n) is 5.46. The molecule has 1 aromatic rings. The van der Waals surface area contributed by atoms with Gasteiger partial charge in [0.2, 0.25) is 0 Å². The molecule has 0 aromatic carbocycles. The zero-order valence-electron chi connectivity index (χ0n) is 10.3. The van der Waals surface area contributed by atoms with Gasteiger partial charge >= 0.3 is 0 Å². The van der Waals surface area contributed by atoms with Crippen LogP contribution in [0.4, 0.5) is 0 Å². The van der Waals surface area contributed by atoms with Gasteiger partial charge in [0.05, 0.1) is 6.61 Å². The third-order valence-corrected chi connectivity index (χ3v) is 5.61. The van der Waals surface area contributed by atoms with Crippen LogP contribution in [0.2, 0.25) is 25.7 Å². The van der Waals surface area contributed by atoms with E-state index in [0.717, 1.165) is 10.6 Å². The number of nitrogens with zero attached hydrogens (tertiary/aromatic N) is 1. The van der Waals surface area contributed by atoms with E-state index in [1.165, 1.54) is 0 Å². The molecule has 7 heteroatoms. The molecule has 0 aliphatic heterocycles. The Kier molecular flexibility index (Phi) is 5.84. The number of ether oxygens (including phenoxy) is 1. The van der Waals surface area contributed by atoms with Crippen molar-refractivity contribution in [2.75, 3.05) is 13.2 Å². The van der Waals surface area contributed by atoms with Crippen molar-refractivity contribution in [3.05, 3.63) is 15.0 Å². The molecule has 0 aliphatic rings. The lowest BCUT2D eigenvalue weighted by atomic mass is 10.4. The monoisotopic (exact) mass is 384 g/mol. The largest absolute Gasteiger partial charge is 0.383 e. The Labute approximate surface area is 119 Å². The Hall–Kier alpha value is 0.307. The second-order valence-corrected chi connectivity index (χ2v) is 12.3. The summed E-state index contributed by atoms with van der Waals surface area (Å²) in [5, 5.41) is 9.84. The average Bonchev–Trinajstić information content (AvgIpc) is 2.52. The number of aliphatic hydroxyl groups is 1. The van der Waals surface area contributed by atoms with Crippen molar-refractivity contribution in [1.82, 2.24) is 9.97 Å². The van der Waals surface area contributed by atoms with Crippen LogP contribution in [0.15, 0.2) is 9.21 Å². The number of aromatic amines is 1. The van der Waals surface area contributed by atoms with E-state index in [4.69, 9.17) is 4.74 Å². The van der Waals surface area contributed by atoms with E-state index >= 15 is 0 Å². The summed E-state index contributed by atoms with van der Waals surface area (Å²) in [7, 11) is -1.06. The van der Waals surface area contributed by atoms with Crippen LogP contribution in [0.5, 0.6) is 0 Å². The highest BCUT2D eigenvalue weighted by Crippen LogP contribution is 2.22. The van der Waals surface area contributed by atoms with E-state index in [9.17, 15) is 5.11 Å². The number of H-pyrrole nitrogens is 1. The lowest BCUT2D eigenvalue weighted by Gasteiger charge is -2.16. The lowest BCUT2D eigenvalue weighted by molar-refractivity contribution is 0.0374. The van der Waals surface area contributed by atoms with Crippen LogP contribution in [0.3, 0.4) is 0 Å². The van der Waals surface area contributed by atoms with Crippen molar-refractivity contribution < 1.29 is 9.84 Å². The minimum Gasteiger partial charge on any atom is -0.383 e. The molecule has 0 amide bonds. The highest BCUT2D eigenvalue weighted by atomic mass is 79.9. The van der Waals surface area contributed by atoms with Crippen molar-refractivity contribution >= 4 is 39.9 Å². The minimum atomic E-state index is -1.06. The van der Waals surface area contributed by atoms with Gasteiger partial charge in [0, 0.05) is 14.7 Å². The predicted molar refractivity (Wildman–Crippen MR) is 77.9 cm³/mol. The summed E-state index contributed by atoms with van der Waals surface area (Å²) in [5.41, 5.74) is 0. The van der Waals surface area contributed by atoms with Gasteiger partial charge in [-0.3, -0.25) is 0 Å². The lowest BCUT2D eigenvalue weighted by Crippen LogP contribution is -2.22. The van der Waals surface area contributed by atoms with Crippen LogP contribution in [0.25, 0.3) is 0 Å². The van der Waals surface area contributed by atoms with Gasteiger partial charge < -0.3 is 14.8 Å². The van der Waals surface area contributed by atoms with Gasteiger partial charge in [0.25, 0.3) is 0 Å². The molecule has 4 nitrogen and oxygen atoms in total. The summed E-state index contributed by atoms with van der Waals surface area (Å²) < 4.78 is 6.86. The fourth-order valence-corrected chi connectivity index (χ4v) is 2.50. The molecule has 0 saturated heterocycles. The Bertz CT molecular complexity index is 346. The van der Waals surface area contributed by atoms with Crippen molar-refractivity contribution in [3.63, 3.8) is 0 Å². The number of rotatable bonds is 6. The standard InChI is InChI=1S/C10H18Br2N2O2Si/c1-17(2,3)5-4-16-6-7(15)10-13-8(11)9(12)14-10/h7,15H,4-6H2,1-3H3,(H,13,14). The van der Waals surface area contributed by atoms with Gasteiger partial charge in [0.15, 0.2) is 0 Å². The maximum atomic E-state index is 9.84. The first-order chi connectivity index (χ1) is 7.79. The number of halogens is 2. The Morgan fingerprint density at radius 1 is 1.41 bits per heavy atom. The molecule has 0 bridgehead atoms. The molecular formula is C10H18Br2N2O2Si. The molecule has 1 rings (SSSR count). The van der Waals surface area contributed by atoms with Crippen molar-refractivity contribution in [1.29, 1.82) is 0 Å². The first-order valence-corrected chi connectivity index (χ1v) is 10.8. The molecule has 17 heavy (non-hydrogen) atoms. The number of nitrogens with one attached hydrogen (secondary N) is 1. The van der Waals surface area contributed by atoms with E-state index in [2.05, 4.69) is 61.5 Å². The fourth-order valence-electron chi connectivity index (χ4n) is 1.16. The predicted octanol–water partition coefficient (Wildman–Crippen LogP) is 3.32. The first kappa shape index (κ1) is 15.4. The number of hydrogen-bond acceptors (Lipinski definition) is 3. The molecule has 1 aromatic heterocycles. The Balaban J connectivity index is 2.33. The number of hydrogen-bond donors (Lipinski definition) is 2.